The van der Waals surface area contributed by atoms with Gasteiger partial charge in [0.05, 0.1) is 6.61 Å². The van der Waals surface area contributed by atoms with E-state index in [9.17, 15) is 4.79 Å². The molecule has 132 valence electrons. The number of carbonyl (C=O) groups is 1. The van der Waals surface area contributed by atoms with Crippen molar-refractivity contribution in [2.24, 2.45) is 10.7 Å². The lowest BCUT2D eigenvalue weighted by Gasteiger charge is -2.19. The van der Waals surface area contributed by atoms with Crippen LogP contribution in [0.4, 0.5) is 0 Å². The van der Waals surface area contributed by atoms with Crippen LogP contribution >= 0.6 is 24.0 Å². The monoisotopic (exact) mass is 429 g/mol. The Morgan fingerprint density at radius 2 is 1.91 bits per heavy atom. The molecule has 0 fully saturated rings. The summed E-state index contributed by atoms with van der Waals surface area (Å²) in [5, 5.41) is 3.04. The van der Waals surface area contributed by atoms with E-state index in [1.54, 1.807) is 7.11 Å². The van der Waals surface area contributed by atoms with Crippen molar-refractivity contribution < 1.29 is 14.3 Å². The summed E-state index contributed by atoms with van der Waals surface area (Å²) in [5.74, 6) is 0.298. The normalized spacial score (nSPS) is 13.2. The molecule has 6 nitrogen and oxygen atoms in total. The van der Waals surface area contributed by atoms with Crippen LogP contribution in [0.3, 0.4) is 0 Å². The Balaban J connectivity index is 0. The van der Waals surface area contributed by atoms with Gasteiger partial charge in [0.2, 0.25) is 0 Å². The zero-order valence-electron chi connectivity index (χ0n) is 14.5. The Morgan fingerprint density at radius 1 is 1.27 bits per heavy atom. The summed E-state index contributed by atoms with van der Waals surface area (Å²) in [6.45, 7) is 8.85. The second kappa shape index (κ2) is 12.9. The summed E-state index contributed by atoms with van der Waals surface area (Å²) in [6, 6.07) is 0.144. The van der Waals surface area contributed by atoms with Crippen molar-refractivity contribution >= 4 is 35.9 Å². The number of rotatable bonds is 9. The van der Waals surface area contributed by atoms with E-state index >= 15 is 0 Å². The maximum atomic E-state index is 11.5. The number of nitrogens with one attached hydrogen (secondary N) is 1. The van der Waals surface area contributed by atoms with E-state index < -0.39 is 5.60 Å². The van der Waals surface area contributed by atoms with Gasteiger partial charge in [-0.1, -0.05) is 6.42 Å². The fraction of sp³-hybridized carbons (Fsp3) is 0.867. The van der Waals surface area contributed by atoms with E-state index in [1.165, 1.54) is 0 Å². The number of nitrogens with zero attached hydrogens (tertiary/aromatic N) is 1. The zero-order valence-corrected chi connectivity index (χ0v) is 16.8. The van der Waals surface area contributed by atoms with Crippen LogP contribution in [-0.2, 0) is 14.3 Å². The highest BCUT2D eigenvalue weighted by Crippen LogP contribution is 2.10. The molecule has 0 saturated heterocycles. The van der Waals surface area contributed by atoms with Crippen LogP contribution in [0.2, 0.25) is 0 Å². The Morgan fingerprint density at radius 3 is 2.45 bits per heavy atom. The molecule has 3 N–H and O–H groups in total. The first kappa shape index (κ1) is 23.7. The molecule has 0 saturated carbocycles. The van der Waals surface area contributed by atoms with E-state index in [0.29, 0.717) is 25.5 Å². The lowest BCUT2D eigenvalue weighted by atomic mass is 10.1. The fourth-order valence-corrected chi connectivity index (χ4v) is 1.74. The maximum Gasteiger partial charge on any atom is 0.306 e. The molecule has 0 radical (unpaired) electrons. The van der Waals surface area contributed by atoms with Gasteiger partial charge in [-0.15, -0.1) is 24.0 Å². The van der Waals surface area contributed by atoms with Gasteiger partial charge in [-0.25, -0.2) is 0 Å². The van der Waals surface area contributed by atoms with Crippen LogP contribution in [-0.4, -0.2) is 43.8 Å². The lowest BCUT2D eigenvalue weighted by Crippen LogP contribution is -2.40. The molecular formula is C15H32IN3O3. The van der Waals surface area contributed by atoms with Crippen molar-refractivity contribution in [1.82, 2.24) is 5.32 Å². The van der Waals surface area contributed by atoms with Crippen LogP contribution in [0.5, 0.6) is 0 Å². The predicted molar refractivity (Wildman–Crippen MR) is 101 cm³/mol. The fourth-order valence-electron chi connectivity index (χ4n) is 1.74. The van der Waals surface area contributed by atoms with Crippen LogP contribution in [0.25, 0.3) is 0 Å². The van der Waals surface area contributed by atoms with Gasteiger partial charge in [-0.2, -0.15) is 0 Å². The summed E-state index contributed by atoms with van der Waals surface area (Å²) in [5.41, 5.74) is 5.34. The van der Waals surface area contributed by atoms with E-state index in [-0.39, 0.29) is 36.0 Å². The quantitative estimate of drug-likeness (QED) is 0.193. The van der Waals surface area contributed by atoms with Crippen LogP contribution in [0.15, 0.2) is 4.99 Å². The molecule has 0 amide bonds. The first-order valence-electron chi connectivity index (χ1n) is 7.52. The number of ether oxygens (including phenoxy) is 2. The third-order valence-electron chi connectivity index (χ3n) is 2.55. The third kappa shape index (κ3) is 15.8. The number of aliphatic imine (C=N–C) groups is 1. The van der Waals surface area contributed by atoms with Gasteiger partial charge in [0.15, 0.2) is 5.96 Å². The summed E-state index contributed by atoms with van der Waals surface area (Å²) in [7, 11) is 1.65. The highest BCUT2D eigenvalue weighted by Gasteiger charge is 2.15. The van der Waals surface area contributed by atoms with Crippen LogP contribution in [0.1, 0.15) is 53.4 Å². The molecule has 0 aromatic carbocycles. The van der Waals surface area contributed by atoms with Gasteiger partial charge >= 0.3 is 5.97 Å². The molecule has 0 aliphatic rings. The van der Waals surface area contributed by atoms with Crippen LogP contribution < -0.4 is 11.1 Å². The van der Waals surface area contributed by atoms with E-state index in [2.05, 4.69) is 10.3 Å². The minimum absolute atomic E-state index is 0. The first-order valence-corrected chi connectivity index (χ1v) is 7.52. The SMILES string of the molecule is COCC(C)NC(N)=NCCCCCC(=O)OC(C)(C)C.I. The minimum atomic E-state index is -0.402. The molecule has 0 rings (SSSR count). The maximum absolute atomic E-state index is 11.5. The predicted octanol–water partition coefficient (Wildman–Crippen LogP) is 2.45. The van der Waals surface area contributed by atoms with Crippen molar-refractivity contribution in [3.8, 4) is 0 Å². The third-order valence-corrected chi connectivity index (χ3v) is 2.55. The van der Waals surface area contributed by atoms with Crippen molar-refractivity contribution in [3.05, 3.63) is 0 Å². The van der Waals surface area contributed by atoms with Gasteiger partial charge in [-0.05, 0) is 40.5 Å². The Hall–Kier alpha value is -0.570. The van der Waals surface area contributed by atoms with E-state index in [0.717, 1.165) is 19.3 Å². The minimum Gasteiger partial charge on any atom is -0.460 e. The highest BCUT2D eigenvalue weighted by atomic mass is 127. The van der Waals surface area contributed by atoms with Crippen LogP contribution in [0, 0.1) is 0 Å². The molecule has 1 atom stereocenters. The van der Waals surface area contributed by atoms with Crippen molar-refractivity contribution in [2.75, 3.05) is 20.3 Å². The molecule has 1 unspecified atom stereocenters. The topological polar surface area (TPSA) is 85.9 Å². The van der Waals surface area contributed by atoms with E-state index in [4.69, 9.17) is 15.2 Å². The molecule has 0 aromatic rings. The van der Waals surface area contributed by atoms with Crippen molar-refractivity contribution in [3.63, 3.8) is 0 Å². The Bertz CT molecular complexity index is 330. The molecule has 7 heteroatoms. The standard InChI is InChI=1S/C15H31N3O3.HI/c1-12(11-20-5)18-14(16)17-10-8-6-7-9-13(19)21-15(2,3)4;/h12H,6-11H2,1-5H3,(H3,16,17,18);1H. The van der Waals surface area contributed by atoms with Gasteiger partial charge < -0.3 is 20.5 Å². The number of hydrogen-bond donors (Lipinski definition) is 2. The van der Waals surface area contributed by atoms with Gasteiger partial charge in [0.1, 0.15) is 5.60 Å². The molecule has 0 aliphatic carbocycles. The average Bonchev–Trinajstić information content (AvgIpc) is 2.31. The smallest absolute Gasteiger partial charge is 0.306 e. The number of hydrogen-bond acceptors (Lipinski definition) is 4. The Labute approximate surface area is 151 Å². The van der Waals surface area contributed by atoms with E-state index in [1.807, 2.05) is 27.7 Å². The summed E-state index contributed by atoms with van der Waals surface area (Å²) in [6.07, 6.45) is 3.12. The van der Waals surface area contributed by atoms with Crippen molar-refractivity contribution in [1.29, 1.82) is 0 Å². The number of methoxy groups -OCH3 is 1. The number of halogens is 1. The zero-order chi connectivity index (χ0) is 16.3. The summed E-state index contributed by atoms with van der Waals surface area (Å²) >= 11 is 0. The van der Waals surface area contributed by atoms with Gasteiger partial charge in [0, 0.05) is 26.1 Å². The van der Waals surface area contributed by atoms with Crippen molar-refractivity contribution in [2.45, 2.75) is 65.0 Å². The Kier molecular flexibility index (Phi) is 13.9. The molecule has 0 aromatic heterocycles. The number of guanidine groups is 1. The summed E-state index contributed by atoms with van der Waals surface area (Å²) in [4.78, 5) is 15.7. The largest absolute Gasteiger partial charge is 0.460 e. The number of unbranched alkanes of at least 4 members (excludes halogenated alkanes) is 2. The molecule has 0 heterocycles. The average molecular weight is 429 g/mol. The molecule has 22 heavy (non-hydrogen) atoms. The van der Waals surface area contributed by atoms with Gasteiger partial charge in [-0.3, -0.25) is 9.79 Å². The highest BCUT2D eigenvalue weighted by molar-refractivity contribution is 14.0. The molecule has 0 bridgehead atoms. The lowest BCUT2D eigenvalue weighted by molar-refractivity contribution is -0.154. The first-order chi connectivity index (χ1) is 9.74. The second-order valence-electron chi connectivity index (χ2n) is 6.16. The molecule has 0 spiro atoms. The molecular weight excluding hydrogens is 397 g/mol. The number of esters is 1. The number of nitrogens with two attached hydrogens (primary N) is 1. The second-order valence-corrected chi connectivity index (χ2v) is 6.16. The number of carbonyl (C=O) groups excluding carboxylic acids is 1. The van der Waals surface area contributed by atoms with Gasteiger partial charge in [0.25, 0.3) is 0 Å². The summed E-state index contributed by atoms with van der Waals surface area (Å²) < 4.78 is 10.2. The molecule has 0 aliphatic heterocycles.